The molecule has 0 saturated carbocycles. The van der Waals surface area contributed by atoms with Crippen LogP contribution in [-0.4, -0.2) is 53.2 Å². The van der Waals surface area contributed by atoms with E-state index in [-0.39, 0.29) is 16.2 Å². The van der Waals surface area contributed by atoms with Gasteiger partial charge in [-0.15, -0.1) is 0 Å². The lowest BCUT2D eigenvalue weighted by Crippen LogP contribution is -2.20. The zero-order chi connectivity index (χ0) is 89.0. The minimum atomic E-state index is -0.296. The first-order chi connectivity index (χ1) is 65.3. The third kappa shape index (κ3) is 12.5. The van der Waals surface area contributed by atoms with Crippen LogP contribution in [0.2, 0.25) is 0 Å². The predicted molar refractivity (Wildman–Crippen MR) is 542 cm³/mol. The van der Waals surface area contributed by atoms with Crippen molar-refractivity contribution < 1.29 is 4.74 Å². The Kier molecular flexibility index (Phi) is 18.0. The van der Waals surface area contributed by atoms with Crippen LogP contribution in [0.3, 0.4) is 0 Å². The summed E-state index contributed by atoms with van der Waals surface area (Å²) < 4.78 is 15.9. The van der Waals surface area contributed by atoms with Crippen molar-refractivity contribution in [3.8, 4) is 135 Å². The second kappa shape index (κ2) is 30.6. The summed E-state index contributed by atoms with van der Waals surface area (Å²) in [5.74, 6) is 3.19. The van der Waals surface area contributed by atoms with E-state index < -0.39 is 0 Å². The molecule has 0 saturated heterocycles. The second-order valence-electron chi connectivity index (χ2n) is 36.5. The van der Waals surface area contributed by atoms with Gasteiger partial charge in [-0.05, 0) is 188 Å². The number of allylic oxidation sites excluding steroid dienone is 2. The van der Waals surface area contributed by atoms with Crippen molar-refractivity contribution in [2.24, 2.45) is 0 Å². The topological polar surface area (TPSA) is 122 Å². The van der Waals surface area contributed by atoms with Gasteiger partial charge in [0.25, 0.3) is 0 Å². The summed E-state index contributed by atoms with van der Waals surface area (Å²) in [7, 11) is 0. The van der Waals surface area contributed by atoms with Crippen LogP contribution in [0.4, 0.5) is 17.1 Å². The minimum Gasteiger partial charge on any atom is -0.455 e. The second-order valence-corrected chi connectivity index (χ2v) is 36.5. The van der Waals surface area contributed by atoms with Crippen molar-refractivity contribution in [3.05, 3.63) is 435 Å². The molecular weight excluding hydrogens is 1630 g/mol. The number of aromatic nitrogens is 11. The van der Waals surface area contributed by atoms with E-state index in [1.165, 1.54) is 99.7 Å². The molecule has 9 aromatic heterocycles. The average Bonchev–Trinajstić information content (AvgIpc) is 1.54. The van der Waals surface area contributed by atoms with Crippen LogP contribution in [0.1, 0.15) is 74.9 Å². The summed E-state index contributed by atoms with van der Waals surface area (Å²) in [6.07, 6.45) is 30.3. The Morgan fingerprint density at radius 1 is 0.278 bits per heavy atom. The molecule has 3 aliphatic carbocycles. The van der Waals surface area contributed by atoms with E-state index >= 15 is 0 Å². The molecule has 22 aromatic rings. The lowest BCUT2D eigenvalue weighted by atomic mass is 9.74. The molecule has 632 valence electrons. The van der Waals surface area contributed by atoms with E-state index in [0.29, 0.717) is 11.9 Å². The molecule has 0 amide bonds. The molecule has 11 heterocycles. The molecule has 0 unspecified atom stereocenters. The molecule has 13 aromatic carbocycles. The van der Waals surface area contributed by atoms with Gasteiger partial charge in [-0.25, -0.2) is 19.9 Å². The molecule has 0 spiro atoms. The maximum atomic E-state index is 7.06. The molecule has 13 heteroatoms. The first-order valence-electron chi connectivity index (χ1n) is 45.4. The molecule has 13 nitrogen and oxygen atoms in total. The number of para-hydroxylation sites is 4. The summed E-state index contributed by atoms with van der Waals surface area (Å²) in [4.78, 5) is 34.8. The van der Waals surface area contributed by atoms with E-state index in [9.17, 15) is 0 Å². The molecular formula is C120H86N12O. The molecule has 0 N–H and O–H groups in total. The molecule has 0 bridgehead atoms. The van der Waals surface area contributed by atoms with E-state index in [1.807, 2.05) is 61.2 Å². The van der Waals surface area contributed by atoms with Gasteiger partial charge in [0.1, 0.15) is 11.5 Å². The fraction of sp³-hybridized carbons (Fsp3) is 0.0750. The largest absolute Gasteiger partial charge is 0.455 e. The number of hydrogen-bond donors (Lipinski definition) is 0. The first-order valence-corrected chi connectivity index (χ1v) is 45.4. The van der Waals surface area contributed by atoms with Crippen LogP contribution in [0.15, 0.2) is 402 Å². The molecule has 133 heavy (non-hydrogen) atoms. The Morgan fingerprint density at radius 3 is 1.44 bits per heavy atom. The van der Waals surface area contributed by atoms with Gasteiger partial charge in [0, 0.05) is 173 Å². The number of hydrogen-bond acceptors (Lipinski definition) is 9. The van der Waals surface area contributed by atoms with Gasteiger partial charge in [-0.1, -0.05) is 266 Å². The van der Waals surface area contributed by atoms with Gasteiger partial charge in [-0.3, -0.25) is 24.1 Å². The number of fused-ring (bicyclic) bond motifs is 27. The Balaban J connectivity index is 0.000000108. The smallest absolute Gasteiger partial charge is 0.234 e. The summed E-state index contributed by atoms with van der Waals surface area (Å²) >= 11 is 0. The molecule has 2 aliphatic heterocycles. The Bertz CT molecular complexity index is 8550. The quantitative estimate of drug-likeness (QED) is 0.146. The molecule has 0 atom stereocenters. The molecule has 0 fully saturated rings. The zero-order valence-electron chi connectivity index (χ0n) is 74.0. The third-order valence-corrected chi connectivity index (χ3v) is 27.8. The van der Waals surface area contributed by atoms with Crippen molar-refractivity contribution in [2.75, 3.05) is 4.90 Å². The van der Waals surface area contributed by atoms with Crippen LogP contribution in [0.25, 0.3) is 190 Å². The standard InChI is InChI=1S/C47H34N4.C37H29NO.C36H23N7/c1-47(2)37-23-24-43-36(26-30-50(43)41-19-7-5-15-34(41)39-17-9-11-27-48-39)44(37)32-13-3-4-14-33(32)45-38(47)22-21-31-25-29-51(46(31)45)42-20-8-6-16-35(42)40-18-10-12-28-49-40;1-36(2)18-16-28-31(36)14-12-26-25-11-10-23(24-9-5-7-22-8-6-20-38-33(22)24)21-30(25)27-13-15-32-29(17-19-37(32,3)4)35(27)39-34(26)28;1-2-8-25(9-3-1)43-33-23-32-24(14-20-42(32)36-39-18-7-19-40-36)22-30(33)27-11-5-4-10-26(27)28-12-13-31-29(34(28)43)15-21-41(31)35-37-16-6-17-38-35/h3-30H,1-2H3;5-21H,1-4H3;1-23H. The van der Waals surface area contributed by atoms with Crippen molar-refractivity contribution in [2.45, 2.75) is 57.8 Å². The fourth-order valence-electron chi connectivity index (χ4n) is 21.4. The highest BCUT2D eigenvalue weighted by Crippen LogP contribution is 2.60. The number of rotatable bonds is 8. The Labute approximate surface area is 769 Å². The van der Waals surface area contributed by atoms with E-state index in [2.05, 4.69) is 413 Å². The highest BCUT2D eigenvalue weighted by atomic mass is 16.5. The van der Waals surface area contributed by atoms with E-state index in [1.54, 1.807) is 24.8 Å². The summed E-state index contributed by atoms with van der Waals surface area (Å²) in [6, 6.07) is 115. The van der Waals surface area contributed by atoms with Crippen molar-refractivity contribution >= 4 is 83.7 Å². The number of nitrogens with zero attached hydrogens (tertiary/aromatic N) is 12. The third-order valence-electron chi connectivity index (χ3n) is 27.8. The van der Waals surface area contributed by atoms with Crippen molar-refractivity contribution in [3.63, 3.8) is 0 Å². The maximum absolute atomic E-state index is 7.06. The highest BCUT2D eigenvalue weighted by Gasteiger charge is 2.40. The van der Waals surface area contributed by atoms with Gasteiger partial charge in [0.15, 0.2) is 0 Å². The van der Waals surface area contributed by atoms with E-state index in [0.717, 1.165) is 129 Å². The molecule has 0 radical (unpaired) electrons. The van der Waals surface area contributed by atoms with Crippen LogP contribution < -0.4 is 9.64 Å². The number of ether oxygens (including phenoxy) is 1. The summed E-state index contributed by atoms with van der Waals surface area (Å²) in [5.41, 5.74) is 39.1. The molecule has 27 rings (SSSR count). The van der Waals surface area contributed by atoms with Crippen molar-refractivity contribution in [1.82, 2.24) is 53.2 Å². The van der Waals surface area contributed by atoms with Crippen molar-refractivity contribution in [1.29, 1.82) is 0 Å². The highest BCUT2D eigenvalue weighted by molar-refractivity contribution is 6.15. The zero-order valence-corrected chi connectivity index (χ0v) is 74.0. The van der Waals surface area contributed by atoms with Gasteiger partial charge in [-0.2, -0.15) is 0 Å². The SMILES string of the molecule is CC1(C)C=Cc2c1ccc1c2Oc2c(ccc3c2C=CC3(C)C)-c2cc(-c3cccc4cccnc34)ccc2-1.CC1(C)c2ccc3c(ccn3-c3ccccc3-c3ccccn3)c2-c2ccccc2-c2c1ccc1ccn(-c3ccccc3-c3ccccn3)c21.c1ccc(N2c3cc4c(ccn4-c4ncccn4)cc3-c3ccccc3-c3ccc4c(ccn4-c4ncccn4)c32)cc1. The normalized spacial score (nSPS) is 13.8. The van der Waals surface area contributed by atoms with Gasteiger partial charge in [0.05, 0.1) is 61.7 Å². The molecule has 5 aliphatic rings. The van der Waals surface area contributed by atoms with Gasteiger partial charge >= 0.3 is 0 Å². The van der Waals surface area contributed by atoms with Crippen LogP contribution in [0.5, 0.6) is 11.5 Å². The van der Waals surface area contributed by atoms with Crippen LogP contribution in [-0.2, 0) is 16.2 Å². The average molecular weight is 1710 g/mol. The van der Waals surface area contributed by atoms with Crippen LogP contribution in [0, 0.1) is 0 Å². The lowest BCUT2D eigenvalue weighted by molar-refractivity contribution is 0.482. The van der Waals surface area contributed by atoms with Gasteiger partial charge in [0.2, 0.25) is 11.9 Å². The Morgan fingerprint density at radius 2 is 0.767 bits per heavy atom. The fourth-order valence-corrected chi connectivity index (χ4v) is 21.4. The number of benzene rings is 13. The first kappa shape index (κ1) is 78.2. The van der Waals surface area contributed by atoms with Gasteiger partial charge < -0.3 is 18.8 Å². The lowest BCUT2D eigenvalue weighted by Gasteiger charge is -2.29. The minimum absolute atomic E-state index is 0.0164. The van der Waals surface area contributed by atoms with E-state index in [4.69, 9.17) is 19.7 Å². The summed E-state index contributed by atoms with van der Waals surface area (Å²) in [5, 5.41) is 5.83. The summed E-state index contributed by atoms with van der Waals surface area (Å²) in [6.45, 7) is 13.9. The monoisotopic (exact) mass is 1710 g/mol. The number of pyridine rings is 3. The Hall–Kier alpha value is -17.0. The number of anilines is 3. The maximum Gasteiger partial charge on any atom is 0.234 e. The predicted octanol–water partition coefficient (Wildman–Crippen LogP) is 29.9. The van der Waals surface area contributed by atoms with Crippen LogP contribution >= 0.6 is 0 Å².